The lowest BCUT2D eigenvalue weighted by Gasteiger charge is -2.19. The smallest absolute Gasteiger partial charge is 0.453 e. The summed E-state index contributed by atoms with van der Waals surface area (Å²) in [5.41, 5.74) is -0.672. The van der Waals surface area contributed by atoms with Gasteiger partial charge in [0.05, 0.1) is 0 Å². The largest absolute Gasteiger partial charge is 0.478 e. The number of rotatable bonds is 4. The molecule has 0 aliphatic rings. The number of carbonyl (C=O) groups is 1. The van der Waals surface area contributed by atoms with Crippen molar-refractivity contribution in [2.24, 2.45) is 0 Å². The summed E-state index contributed by atoms with van der Waals surface area (Å²) >= 11 is 0. The van der Waals surface area contributed by atoms with E-state index in [-0.39, 0.29) is 0 Å². The van der Waals surface area contributed by atoms with Crippen molar-refractivity contribution < 1.29 is 31.9 Å². The van der Waals surface area contributed by atoms with Crippen LogP contribution in [0.4, 0.5) is 22.0 Å². The molecule has 0 bridgehead atoms. The van der Waals surface area contributed by atoms with Crippen molar-refractivity contribution in [1.29, 1.82) is 0 Å². The van der Waals surface area contributed by atoms with Crippen LogP contribution in [0.25, 0.3) is 0 Å². The molecule has 0 saturated heterocycles. The first kappa shape index (κ1) is 12.9. The number of carboxylic acids is 1. The summed E-state index contributed by atoms with van der Waals surface area (Å²) in [5.74, 6) is -6.45. The quantitative estimate of drug-likeness (QED) is 0.581. The van der Waals surface area contributed by atoms with Crippen LogP contribution in [0.1, 0.15) is 12.8 Å². The molecule has 0 atom stereocenters. The number of hydrogen-bond acceptors (Lipinski definition) is 1. The molecule has 0 aromatic rings. The second-order valence-electron chi connectivity index (χ2n) is 2.61. The van der Waals surface area contributed by atoms with Gasteiger partial charge >= 0.3 is 18.1 Å². The highest BCUT2D eigenvalue weighted by Gasteiger charge is 2.56. The number of alkyl halides is 5. The van der Waals surface area contributed by atoms with Crippen LogP contribution in [0.15, 0.2) is 12.2 Å². The maximum atomic E-state index is 12.2. The van der Waals surface area contributed by atoms with Gasteiger partial charge in [0.2, 0.25) is 0 Å². The number of carboxylic acid groups (broad SMARTS) is 1. The summed E-state index contributed by atoms with van der Waals surface area (Å²) in [6.07, 6.45) is -8.14. The van der Waals surface area contributed by atoms with Gasteiger partial charge in [-0.2, -0.15) is 22.0 Å². The van der Waals surface area contributed by atoms with Crippen LogP contribution < -0.4 is 0 Å². The second-order valence-corrected chi connectivity index (χ2v) is 2.61. The van der Waals surface area contributed by atoms with Crippen LogP contribution in [0.5, 0.6) is 0 Å². The molecular weight excluding hydrogens is 211 g/mol. The fraction of sp³-hybridized carbons (Fsp3) is 0.571. The van der Waals surface area contributed by atoms with Crippen LogP contribution in [0, 0.1) is 0 Å². The molecular formula is C7H7F5O2. The number of hydrogen-bond donors (Lipinski definition) is 1. The molecule has 0 aliphatic heterocycles. The van der Waals surface area contributed by atoms with Gasteiger partial charge < -0.3 is 5.11 Å². The molecule has 0 rings (SSSR count). The minimum atomic E-state index is -5.65. The zero-order valence-electron chi connectivity index (χ0n) is 6.87. The van der Waals surface area contributed by atoms with Crippen LogP contribution >= 0.6 is 0 Å². The first-order valence-corrected chi connectivity index (χ1v) is 3.43. The molecule has 0 radical (unpaired) electrons. The summed E-state index contributed by atoms with van der Waals surface area (Å²) in [6, 6.07) is 0. The van der Waals surface area contributed by atoms with E-state index in [0.29, 0.717) is 0 Å². The molecule has 2 nitrogen and oxygen atoms in total. The Bertz CT molecular complexity index is 243. The Balaban J connectivity index is 4.27. The monoisotopic (exact) mass is 218 g/mol. The third-order valence-corrected chi connectivity index (χ3v) is 1.46. The Morgan fingerprint density at radius 3 is 1.93 bits per heavy atom. The van der Waals surface area contributed by atoms with E-state index >= 15 is 0 Å². The third-order valence-electron chi connectivity index (χ3n) is 1.46. The molecule has 0 heterocycles. The lowest BCUT2D eigenvalue weighted by atomic mass is 10.1. The maximum Gasteiger partial charge on any atom is 0.453 e. The first-order valence-electron chi connectivity index (χ1n) is 3.43. The molecule has 0 aromatic carbocycles. The van der Waals surface area contributed by atoms with E-state index < -0.39 is 36.5 Å². The van der Waals surface area contributed by atoms with Crippen molar-refractivity contribution in [1.82, 2.24) is 0 Å². The Kier molecular flexibility index (Phi) is 3.61. The normalized spacial score (nSPS) is 12.6. The van der Waals surface area contributed by atoms with Gasteiger partial charge in [0.25, 0.3) is 0 Å². The highest BCUT2D eigenvalue weighted by atomic mass is 19.4. The summed E-state index contributed by atoms with van der Waals surface area (Å²) in [5, 5.41) is 8.16. The van der Waals surface area contributed by atoms with Gasteiger partial charge in [0.15, 0.2) is 0 Å². The molecule has 0 amide bonds. The summed E-state index contributed by atoms with van der Waals surface area (Å²) in [6.45, 7) is 2.84. The fourth-order valence-corrected chi connectivity index (χ4v) is 0.557. The predicted octanol–water partition coefficient (Wildman–Crippen LogP) is 2.61. The first-order chi connectivity index (χ1) is 6.08. The molecule has 0 unspecified atom stereocenters. The molecule has 0 fully saturated rings. The highest BCUT2D eigenvalue weighted by molar-refractivity contribution is 5.85. The van der Waals surface area contributed by atoms with E-state index in [1.807, 2.05) is 0 Å². The Labute approximate surface area is 76.0 Å². The minimum Gasteiger partial charge on any atom is -0.478 e. The average Bonchev–Trinajstić information content (AvgIpc) is 1.97. The topological polar surface area (TPSA) is 37.3 Å². The molecule has 0 saturated carbocycles. The second kappa shape index (κ2) is 3.93. The molecule has 7 heteroatoms. The van der Waals surface area contributed by atoms with Gasteiger partial charge in [0.1, 0.15) is 0 Å². The van der Waals surface area contributed by atoms with E-state index in [1.165, 1.54) is 0 Å². The summed E-state index contributed by atoms with van der Waals surface area (Å²) in [4.78, 5) is 10.0. The van der Waals surface area contributed by atoms with Gasteiger partial charge in [-0.3, -0.25) is 0 Å². The average molecular weight is 218 g/mol. The molecule has 82 valence electrons. The Morgan fingerprint density at radius 1 is 1.21 bits per heavy atom. The van der Waals surface area contributed by atoms with E-state index in [0.717, 1.165) is 0 Å². The van der Waals surface area contributed by atoms with Crippen molar-refractivity contribution in [3.63, 3.8) is 0 Å². The van der Waals surface area contributed by atoms with Crippen molar-refractivity contribution in [2.45, 2.75) is 24.9 Å². The van der Waals surface area contributed by atoms with Crippen molar-refractivity contribution in [2.75, 3.05) is 0 Å². The molecule has 0 spiro atoms. The molecule has 14 heavy (non-hydrogen) atoms. The van der Waals surface area contributed by atoms with Crippen molar-refractivity contribution in [3.8, 4) is 0 Å². The molecule has 0 aromatic heterocycles. The van der Waals surface area contributed by atoms with Gasteiger partial charge in [0, 0.05) is 12.0 Å². The summed E-state index contributed by atoms with van der Waals surface area (Å²) in [7, 11) is 0. The SMILES string of the molecule is C=C(CCC(F)(F)C(F)(F)F)C(=O)O. The third kappa shape index (κ3) is 3.31. The zero-order chi connectivity index (χ0) is 11.6. The van der Waals surface area contributed by atoms with Crippen LogP contribution in [-0.4, -0.2) is 23.2 Å². The van der Waals surface area contributed by atoms with E-state index in [2.05, 4.69) is 6.58 Å². The standard InChI is InChI=1S/C7H7F5O2/c1-4(5(13)14)2-3-6(8,9)7(10,11)12/h1-3H2,(H,13,14). The molecule has 1 N–H and O–H groups in total. The van der Waals surface area contributed by atoms with Crippen LogP contribution in [0.3, 0.4) is 0 Å². The van der Waals surface area contributed by atoms with E-state index in [1.54, 1.807) is 0 Å². The zero-order valence-corrected chi connectivity index (χ0v) is 6.87. The lowest BCUT2D eigenvalue weighted by molar-refractivity contribution is -0.284. The predicted molar refractivity (Wildman–Crippen MR) is 37.0 cm³/mol. The Morgan fingerprint density at radius 2 is 1.64 bits per heavy atom. The minimum absolute atomic E-state index is 0.672. The Hall–Kier alpha value is -1.14. The van der Waals surface area contributed by atoms with Crippen LogP contribution in [-0.2, 0) is 4.79 Å². The van der Waals surface area contributed by atoms with Gasteiger partial charge in [-0.05, 0) is 6.42 Å². The lowest BCUT2D eigenvalue weighted by Crippen LogP contribution is -2.36. The number of halogens is 5. The van der Waals surface area contributed by atoms with Crippen molar-refractivity contribution >= 4 is 5.97 Å². The van der Waals surface area contributed by atoms with Crippen molar-refractivity contribution in [3.05, 3.63) is 12.2 Å². The fourth-order valence-electron chi connectivity index (χ4n) is 0.557. The van der Waals surface area contributed by atoms with Gasteiger partial charge in [-0.1, -0.05) is 6.58 Å². The summed E-state index contributed by atoms with van der Waals surface area (Å²) < 4.78 is 59.1. The maximum absolute atomic E-state index is 12.2. The highest BCUT2D eigenvalue weighted by Crippen LogP contribution is 2.39. The van der Waals surface area contributed by atoms with E-state index in [4.69, 9.17) is 5.11 Å². The number of aliphatic carboxylic acids is 1. The molecule has 0 aliphatic carbocycles. The van der Waals surface area contributed by atoms with Gasteiger partial charge in [-0.25, -0.2) is 4.79 Å². The van der Waals surface area contributed by atoms with Gasteiger partial charge in [-0.15, -0.1) is 0 Å². The van der Waals surface area contributed by atoms with E-state index in [9.17, 15) is 26.7 Å². The van der Waals surface area contributed by atoms with Crippen LogP contribution in [0.2, 0.25) is 0 Å².